The number of alkyl halides is 6. The lowest BCUT2D eigenvalue weighted by atomic mass is 10.1. The van der Waals surface area contributed by atoms with Crippen molar-refractivity contribution < 1.29 is 31.1 Å². The molecule has 0 radical (unpaired) electrons. The molecule has 214 valence electrons. The van der Waals surface area contributed by atoms with Gasteiger partial charge in [-0.3, -0.25) is 9.69 Å². The van der Waals surface area contributed by atoms with E-state index in [4.69, 9.17) is 0 Å². The summed E-state index contributed by atoms with van der Waals surface area (Å²) < 4.78 is 78.4. The third-order valence-corrected chi connectivity index (χ3v) is 7.21. The molecule has 1 N–H and O–H groups in total. The highest BCUT2D eigenvalue weighted by molar-refractivity contribution is 5.76. The van der Waals surface area contributed by atoms with Crippen molar-refractivity contribution in [3.8, 4) is 0 Å². The Balaban J connectivity index is 1.24. The molecule has 13 heteroatoms. The summed E-state index contributed by atoms with van der Waals surface area (Å²) in [7, 11) is 0. The minimum atomic E-state index is -4.67. The molecule has 1 amide bonds. The van der Waals surface area contributed by atoms with E-state index in [0.717, 1.165) is 30.0 Å². The lowest BCUT2D eigenvalue weighted by Gasteiger charge is -2.36. The Morgan fingerprint density at radius 3 is 2.00 bits per heavy atom. The fraction of sp³-hybridized carbons (Fsp3) is 0.500. The number of nitrogens with zero attached hydrogens (tertiary/aromatic N) is 4. The molecule has 4 rings (SSSR count). The number of carbonyl (C=O) groups is 1. The number of amides is 1. The van der Waals surface area contributed by atoms with E-state index in [1.165, 1.54) is 23.7 Å². The van der Waals surface area contributed by atoms with Crippen LogP contribution >= 0.6 is 0 Å². The summed E-state index contributed by atoms with van der Waals surface area (Å²) in [6.07, 6.45) is -8.13. The third kappa shape index (κ3) is 7.27. The predicted octanol–water partition coefficient (Wildman–Crippen LogP) is 4.88. The topological polar surface area (TPSA) is 65.1 Å². The summed E-state index contributed by atoms with van der Waals surface area (Å²) in [6.45, 7) is 4.93. The first-order valence-electron chi connectivity index (χ1n) is 12.7. The Bertz CT molecular complexity index is 1120. The number of benzene rings is 2. The van der Waals surface area contributed by atoms with E-state index in [-0.39, 0.29) is 5.91 Å². The first-order chi connectivity index (χ1) is 18.5. The number of piperazine rings is 1. The third-order valence-electron chi connectivity index (χ3n) is 7.21. The van der Waals surface area contributed by atoms with Crippen molar-refractivity contribution in [1.29, 1.82) is 0 Å². The van der Waals surface area contributed by atoms with Gasteiger partial charge in [-0.05, 0) is 48.9 Å². The van der Waals surface area contributed by atoms with Gasteiger partial charge in [-0.25, -0.2) is 0 Å². The number of hydrogen-bond donors (Lipinski definition) is 1. The van der Waals surface area contributed by atoms with Crippen LogP contribution in [0, 0.1) is 5.21 Å². The summed E-state index contributed by atoms with van der Waals surface area (Å²) in [5, 5.41) is 10.9. The second-order valence-corrected chi connectivity index (χ2v) is 9.67. The Labute approximate surface area is 222 Å². The van der Waals surface area contributed by atoms with E-state index in [0.29, 0.717) is 77.4 Å². The second-order valence-electron chi connectivity index (χ2n) is 9.67. The van der Waals surface area contributed by atoms with Gasteiger partial charge in [-0.1, -0.05) is 0 Å². The quantitative estimate of drug-likeness (QED) is 0.403. The van der Waals surface area contributed by atoms with Crippen LogP contribution in [0.5, 0.6) is 0 Å². The van der Waals surface area contributed by atoms with Gasteiger partial charge in [0.05, 0.1) is 11.1 Å². The maximum absolute atomic E-state index is 13.3. The molecule has 7 nitrogen and oxygen atoms in total. The number of carbonyl (C=O) groups excluding carboxylic acids is 1. The average Bonchev–Trinajstić information content (AvgIpc) is 3.17. The molecule has 0 spiro atoms. The van der Waals surface area contributed by atoms with Gasteiger partial charge in [0.25, 0.3) is 0 Å². The lowest BCUT2D eigenvalue weighted by molar-refractivity contribution is -0.138. The Hall–Kier alpha value is -3.19. The minimum Gasteiger partial charge on any atom is -0.761 e. The zero-order chi connectivity index (χ0) is 28.2. The molecular formula is C26H30F6N5O2-. The summed E-state index contributed by atoms with van der Waals surface area (Å²) in [5.74, 6) is -0.0242. The van der Waals surface area contributed by atoms with E-state index in [2.05, 4.69) is 4.90 Å². The van der Waals surface area contributed by atoms with Crippen LogP contribution in [0.2, 0.25) is 0 Å². The van der Waals surface area contributed by atoms with E-state index >= 15 is 0 Å². The fourth-order valence-electron chi connectivity index (χ4n) is 4.98. The van der Waals surface area contributed by atoms with Crippen molar-refractivity contribution in [2.45, 2.75) is 25.2 Å². The van der Waals surface area contributed by atoms with Crippen LogP contribution < -0.4 is 15.3 Å². The molecule has 2 heterocycles. The van der Waals surface area contributed by atoms with Crippen LogP contribution in [0.4, 0.5) is 43.4 Å². The van der Waals surface area contributed by atoms with Crippen LogP contribution in [-0.4, -0.2) is 74.6 Å². The van der Waals surface area contributed by atoms with E-state index in [1.54, 1.807) is 9.80 Å². The lowest BCUT2D eigenvalue weighted by Crippen LogP contribution is -2.47. The first kappa shape index (κ1) is 28.8. The number of anilines is 3. The molecule has 0 saturated carbocycles. The number of nitrogens with one attached hydrogen (secondary N) is 1. The van der Waals surface area contributed by atoms with Gasteiger partial charge < -0.3 is 25.4 Å². The molecule has 0 bridgehead atoms. The fourth-order valence-corrected chi connectivity index (χ4v) is 4.98. The van der Waals surface area contributed by atoms with Crippen LogP contribution in [0.1, 0.15) is 24.0 Å². The molecule has 2 aromatic carbocycles. The summed E-state index contributed by atoms with van der Waals surface area (Å²) in [6, 6.07) is 8.66. The zero-order valence-electron chi connectivity index (χ0n) is 21.2. The van der Waals surface area contributed by atoms with Gasteiger partial charge >= 0.3 is 12.4 Å². The molecule has 39 heavy (non-hydrogen) atoms. The van der Waals surface area contributed by atoms with Gasteiger partial charge in [-0.2, -0.15) is 26.3 Å². The molecule has 2 aliphatic heterocycles. The molecule has 0 aromatic heterocycles. The van der Waals surface area contributed by atoms with Crippen LogP contribution in [0.25, 0.3) is 0 Å². The first-order valence-corrected chi connectivity index (χ1v) is 12.7. The Kier molecular flexibility index (Phi) is 8.80. The molecule has 2 aromatic rings. The molecule has 0 aliphatic carbocycles. The van der Waals surface area contributed by atoms with Crippen molar-refractivity contribution in [1.82, 2.24) is 9.80 Å². The van der Waals surface area contributed by atoms with Crippen LogP contribution in [0.3, 0.4) is 0 Å². The SMILES string of the molecule is O=C(CCN1CCN(c2ccc(C(F)(F)F)cc2)CC1)N1CCCN(c2ccc(N[O-])c(C(F)(F)F)c2)CC1. The molecule has 0 unspecified atom stereocenters. The number of halogens is 6. The van der Waals surface area contributed by atoms with Crippen LogP contribution in [-0.2, 0) is 17.1 Å². The maximum Gasteiger partial charge on any atom is 0.418 e. The normalized spacial score (nSPS) is 17.8. The average molecular weight is 559 g/mol. The molecular weight excluding hydrogens is 528 g/mol. The maximum atomic E-state index is 13.3. The minimum absolute atomic E-state index is 0.0242. The van der Waals surface area contributed by atoms with Crippen molar-refractivity contribution >= 4 is 23.0 Å². The molecule has 2 saturated heterocycles. The molecule has 2 aliphatic rings. The van der Waals surface area contributed by atoms with Gasteiger partial charge in [-0.15, -0.1) is 0 Å². The van der Waals surface area contributed by atoms with Crippen molar-refractivity contribution in [3.63, 3.8) is 0 Å². The summed E-state index contributed by atoms with van der Waals surface area (Å²) in [5.41, 5.74) is 0.187. The van der Waals surface area contributed by atoms with Gasteiger partial charge in [0, 0.05) is 82.4 Å². The van der Waals surface area contributed by atoms with Crippen molar-refractivity contribution in [2.24, 2.45) is 0 Å². The van der Waals surface area contributed by atoms with Gasteiger partial charge in [0.1, 0.15) is 0 Å². The monoisotopic (exact) mass is 558 g/mol. The van der Waals surface area contributed by atoms with Gasteiger partial charge in [0.15, 0.2) is 0 Å². The smallest absolute Gasteiger partial charge is 0.418 e. The highest BCUT2D eigenvalue weighted by Gasteiger charge is 2.34. The van der Waals surface area contributed by atoms with E-state index in [9.17, 15) is 36.3 Å². The Morgan fingerprint density at radius 1 is 0.769 bits per heavy atom. The predicted molar refractivity (Wildman–Crippen MR) is 137 cm³/mol. The van der Waals surface area contributed by atoms with E-state index in [1.807, 2.05) is 4.90 Å². The second kappa shape index (κ2) is 11.9. The largest absolute Gasteiger partial charge is 0.761 e. The highest BCUT2D eigenvalue weighted by Crippen LogP contribution is 2.37. The molecule has 0 atom stereocenters. The summed E-state index contributed by atoms with van der Waals surface area (Å²) in [4.78, 5) is 20.6. The van der Waals surface area contributed by atoms with E-state index < -0.39 is 29.2 Å². The summed E-state index contributed by atoms with van der Waals surface area (Å²) >= 11 is 0. The van der Waals surface area contributed by atoms with Crippen molar-refractivity contribution in [2.75, 3.05) is 74.2 Å². The standard InChI is InChI=1S/C26H30F6N5O2/c27-25(28,29)19-2-4-20(5-3-19)36-14-12-34(13-15-36)11-8-24(38)37-10-1-9-35(16-17-37)21-6-7-23(33-39)22(18-21)26(30,31)32/h2-7,18,33H,1,8-17H2/q-1. The zero-order valence-corrected chi connectivity index (χ0v) is 21.2. The molecule has 2 fully saturated rings. The number of hydrogen-bond acceptors (Lipinski definition) is 6. The van der Waals surface area contributed by atoms with Crippen molar-refractivity contribution in [3.05, 3.63) is 58.8 Å². The Morgan fingerprint density at radius 2 is 1.38 bits per heavy atom. The highest BCUT2D eigenvalue weighted by atomic mass is 19.4. The number of rotatable bonds is 6. The van der Waals surface area contributed by atoms with Crippen LogP contribution in [0.15, 0.2) is 42.5 Å². The van der Waals surface area contributed by atoms with Gasteiger partial charge in [0.2, 0.25) is 5.91 Å².